The smallest absolute Gasteiger partial charge is 0.126 e. The molecule has 0 aliphatic rings. The molecule has 0 radical (unpaired) electrons. The molecule has 1 heterocycles. The lowest BCUT2D eigenvalue weighted by atomic mass is 10.1. The second-order valence-corrected chi connectivity index (χ2v) is 6.54. The van der Waals surface area contributed by atoms with E-state index in [-0.39, 0.29) is 0 Å². The van der Waals surface area contributed by atoms with Gasteiger partial charge in [-0.25, -0.2) is 4.98 Å². The van der Waals surface area contributed by atoms with Crippen LogP contribution in [0.1, 0.15) is 45.4 Å². The molecule has 0 aliphatic carbocycles. The zero-order valence-electron chi connectivity index (χ0n) is 15.4. The predicted octanol–water partition coefficient (Wildman–Crippen LogP) is 5.59. The quantitative estimate of drug-likeness (QED) is 0.577. The van der Waals surface area contributed by atoms with Crippen LogP contribution in [0.2, 0.25) is 0 Å². The summed E-state index contributed by atoms with van der Waals surface area (Å²) in [5, 5.41) is 3.46. The van der Waals surface area contributed by atoms with Gasteiger partial charge in [-0.05, 0) is 30.7 Å². The van der Waals surface area contributed by atoms with Crippen LogP contribution in [0.25, 0.3) is 11.3 Å². The molecule has 1 aromatic carbocycles. The minimum atomic E-state index is 0.970. The van der Waals surface area contributed by atoms with E-state index in [1.54, 1.807) is 0 Å². The van der Waals surface area contributed by atoms with Crippen molar-refractivity contribution >= 4 is 11.5 Å². The Labute approximate surface area is 147 Å². The van der Waals surface area contributed by atoms with Gasteiger partial charge in [-0.2, -0.15) is 0 Å². The summed E-state index contributed by atoms with van der Waals surface area (Å²) in [6.07, 6.45) is 7.91. The third-order valence-corrected chi connectivity index (χ3v) is 4.27. The van der Waals surface area contributed by atoms with E-state index in [1.807, 2.05) is 0 Å². The van der Waals surface area contributed by atoms with Crippen LogP contribution in [0.3, 0.4) is 0 Å². The van der Waals surface area contributed by atoms with Crippen molar-refractivity contribution in [3.8, 4) is 11.3 Å². The molecule has 130 valence electrons. The Morgan fingerprint density at radius 3 is 2.29 bits per heavy atom. The predicted molar refractivity (Wildman–Crippen MR) is 106 cm³/mol. The Kier molecular flexibility index (Phi) is 7.60. The number of benzene rings is 1. The molecule has 0 spiro atoms. The highest BCUT2D eigenvalue weighted by Crippen LogP contribution is 2.22. The standard InChI is InChI=1S/C21H31N3/c1-4-5-6-7-8-9-17-22-21-12-10-11-20(23-21)18-13-15-19(16-14-18)24(2)3/h10-16H,4-9,17H2,1-3H3,(H,22,23). The fourth-order valence-corrected chi connectivity index (χ4v) is 2.75. The first-order valence-electron chi connectivity index (χ1n) is 9.19. The van der Waals surface area contributed by atoms with Gasteiger partial charge in [0.25, 0.3) is 0 Å². The van der Waals surface area contributed by atoms with Crippen LogP contribution in [0.15, 0.2) is 42.5 Å². The maximum absolute atomic E-state index is 4.74. The van der Waals surface area contributed by atoms with Crippen LogP contribution >= 0.6 is 0 Å². The van der Waals surface area contributed by atoms with Crippen LogP contribution in [0.5, 0.6) is 0 Å². The summed E-state index contributed by atoms with van der Waals surface area (Å²) in [5.41, 5.74) is 3.38. The molecule has 1 N–H and O–H groups in total. The van der Waals surface area contributed by atoms with E-state index in [4.69, 9.17) is 4.98 Å². The number of aromatic nitrogens is 1. The van der Waals surface area contributed by atoms with E-state index in [1.165, 1.54) is 44.2 Å². The van der Waals surface area contributed by atoms with Gasteiger partial charge in [-0.3, -0.25) is 0 Å². The molecule has 2 aromatic rings. The highest BCUT2D eigenvalue weighted by atomic mass is 15.1. The van der Waals surface area contributed by atoms with Gasteiger partial charge >= 0.3 is 0 Å². The first-order valence-corrected chi connectivity index (χ1v) is 9.19. The third-order valence-electron chi connectivity index (χ3n) is 4.27. The number of hydrogen-bond acceptors (Lipinski definition) is 3. The van der Waals surface area contributed by atoms with Crippen molar-refractivity contribution in [3.05, 3.63) is 42.5 Å². The van der Waals surface area contributed by atoms with Gasteiger partial charge in [0.15, 0.2) is 0 Å². The Morgan fingerprint density at radius 2 is 1.58 bits per heavy atom. The largest absolute Gasteiger partial charge is 0.378 e. The van der Waals surface area contributed by atoms with E-state index >= 15 is 0 Å². The van der Waals surface area contributed by atoms with Crippen molar-refractivity contribution < 1.29 is 0 Å². The van der Waals surface area contributed by atoms with Gasteiger partial charge in [0, 0.05) is 31.9 Å². The molecule has 0 fully saturated rings. The average molecular weight is 326 g/mol. The zero-order valence-corrected chi connectivity index (χ0v) is 15.4. The molecule has 0 unspecified atom stereocenters. The average Bonchev–Trinajstić information content (AvgIpc) is 2.61. The maximum atomic E-state index is 4.74. The summed E-state index contributed by atoms with van der Waals surface area (Å²) in [5.74, 6) is 0.970. The lowest BCUT2D eigenvalue weighted by Crippen LogP contribution is -2.08. The molecular weight excluding hydrogens is 294 g/mol. The summed E-state index contributed by atoms with van der Waals surface area (Å²) in [6, 6.07) is 14.7. The van der Waals surface area contributed by atoms with Crippen molar-refractivity contribution in [2.24, 2.45) is 0 Å². The molecule has 3 heteroatoms. The number of nitrogens with zero attached hydrogens (tertiary/aromatic N) is 2. The number of unbranched alkanes of at least 4 members (excludes halogenated alkanes) is 5. The fraction of sp³-hybridized carbons (Fsp3) is 0.476. The summed E-state index contributed by atoms with van der Waals surface area (Å²) in [4.78, 5) is 6.85. The number of nitrogens with one attached hydrogen (secondary N) is 1. The second kappa shape index (κ2) is 9.96. The highest BCUT2D eigenvalue weighted by molar-refractivity contribution is 5.64. The molecule has 0 amide bonds. The first kappa shape index (κ1) is 18.3. The molecule has 0 saturated carbocycles. The van der Waals surface area contributed by atoms with Crippen LogP contribution in [0, 0.1) is 0 Å². The number of hydrogen-bond donors (Lipinski definition) is 1. The monoisotopic (exact) mass is 325 g/mol. The summed E-state index contributed by atoms with van der Waals surface area (Å²) < 4.78 is 0. The van der Waals surface area contributed by atoms with Crippen molar-refractivity contribution in [2.75, 3.05) is 30.9 Å². The van der Waals surface area contributed by atoms with E-state index in [0.717, 1.165) is 23.6 Å². The van der Waals surface area contributed by atoms with E-state index < -0.39 is 0 Å². The van der Waals surface area contributed by atoms with Gasteiger partial charge in [-0.1, -0.05) is 57.2 Å². The van der Waals surface area contributed by atoms with Gasteiger partial charge in [0.1, 0.15) is 5.82 Å². The third kappa shape index (κ3) is 5.88. The fourth-order valence-electron chi connectivity index (χ4n) is 2.75. The van der Waals surface area contributed by atoms with Crippen LogP contribution in [-0.4, -0.2) is 25.6 Å². The van der Waals surface area contributed by atoms with E-state index in [2.05, 4.69) is 73.7 Å². The Bertz CT molecular complexity index is 590. The molecule has 1 aromatic heterocycles. The Morgan fingerprint density at radius 1 is 0.875 bits per heavy atom. The van der Waals surface area contributed by atoms with Crippen LogP contribution < -0.4 is 10.2 Å². The molecule has 0 aliphatic heterocycles. The van der Waals surface area contributed by atoms with Gasteiger partial charge < -0.3 is 10.2 Å². The second-order valence-electron chi connectivity index (χ2n) is 6.54. The lowest BCUT2D eigenvalue weighted by molar-refractivity contribution is 0.617. The summed E-state index contributed by atoms with van der Waals surface area (Å²) >= 11 is 0. The van der Waals surface area contributed by atoms with Crippen molar-refractivity contribution in [2.45, 2.75) is 45.4 Å². The zero-order chi connectivity index (χ0) is 17.2. The summed E-state index contributed by atoms with van der Waals surface area (Å²) in [6.45, 7) is 3.26. The molecule has 0 atom stereocenters. The number of rotatable bonds is 10. The van der Waals surface area contributed by atoms with E-state index in [0.29, 0.717) is 0 Å². The first-order chi connectivity index (χ1) is 11.7. The minimum absolute atomic E-state index is 0.970. The van der Waals surface area contributed by atoms with E-state index in [9.17, 15) is 0 Å². The van der Waals surface area contributed by atoms with Crippen LogP contribution in [-0.2, 0) is 0 Å². The molecule has 2 rings (SSSR count). The lowest BCUT2D eigenvalue weighted by Gasteiger charge is -2.13. The Balaban J connectivity index is 1.85. The van der Waals surface area contributed by atoms with Crippen molar-refractivity contribution in [1.82, 2.24) is 4.98 Å². The van der Waals surface area contributed by atoms with Crippen LogP contribution in [0.4, 0.5) is 11.5 Å². The molecule has 0 bridgehead atoms. The van der Waals surface area contributed by atoms with Crippen molar-refractivity contribution in [1.29, 1.82) is 0 Å². The molecule has 24 heavy (non-hydrogen) atoms. The normalized spacial score (nSPS) is 10.6. The van der Waals surface area contributed by atoms with Gasteiger partial charge in [0.05, 0.1) is 5.69 Å². The van der Waals surface area contributed by atoms with Gasteiger partial charge in [0.2, 0.25) is 0 Å². The topological polar surface area (TPSA) is 28.2 Å². The van der Waals surface area contributed by atoms with Gasteiger partial charge in [-0.15, -0.1) is 0 Å². The van der Waals surface area contributed by atoms with Crippen molar-refractivity contribution in [3.63, 3.8) is 0 Å². The summed E-state index contributed by atoms with van der Waals surface area (Å²) in [7, 11) is 4.11. The minimum Gasteiger partial charge on any atom is -0.378 e. The molecule has 0 saturated heterocycles. The molecule has 3 nitrogen and oxygen atoms in total. The SMILES string of the molecule is CCCCCCCCNc1cccc(-c2ccc(N(C)C)cc2)n1. The molecular formula is C21H31N3. The number of pyridine rings is 1. The number of anilines is 2. The maximum Gasteiger partial charge on any atom is 0.126 e. The highest BCUT2D eigenvalue weighted by Gasteiger charge is 2.02. The Hall–Kier alpha value is -2.03.